The summed E-state index contributed by atoms with van der Waals surface area (Å²) in [7, 11) is 1.64. The van der Waals surface area contributed by atoms with Crippen molar-refractivity contribution >= 4 is 5.97 Å². The zero-order chi connectivity index (χ0) is 12.5. The Morgan fingerprint density at radius 2 is 2.06 bits per heavy atom. The second-order valence-electron chi connectivity index (χ2n) is 3.60. The molecule has 0 saturated heterocycles. The average molecular weight is 237 g/mol. The highest BCUT2D eigenvalue weighted by atomic mass is 16.5. The fraction of sp³-hybridized carbons (Fsp3) is 0.462. The van der Waals surface area contributed by atoms with Crippen LogP contribution in [0.4, 0.5) is 0 Å². The molecule has 0 bridgehead atoms. The molecule has 4 heteroatoms. The SMILES string of the molecule is CCOC(=O)CNC(COC)c1ccccc1. The largest absolute Gasteiger partial charge is 0.465 e. The highest BCUT2D eigenvalue weighted by molar-refractivity contribution is 5.71. The molecule has 1 N–H and O–H groups in total. The number of carbonyl (C=O) groups excluding carboxylic acids is 1. The van der Waals surface area contributed by atoms with Gasteiger partial charge < -0.3 is 9.47 Å². The normalized spacial score (nSPS) is 12.1. The van der Waals surface area contributed by atoms with Crippen molar-refractivity contribution in [1.82, 2.24) is 5.32 Å². The van der Waals surface area contributed by atoms with Gasteiger partial charge in [0.15, 0.2) is 0 Å². The first kappa shape index (κ1) is 13.7. The summed E-state index contributed by atoms with van der Waals surface area (Å²) in [5, 5.41) is 3.12. The molecule has 17 heavy (non-hydrogen) atoms. The molecule has 0 heterocycles. The van der Waals surface area contributed by atoms with Crippen LogP contribution in [0.3, 0.4) is 0 Å². The molecule has 0 aliphatic carbocycles. The van der Waals surface area contributed by atoms with Gasteiger partial charge >= 0.3 is 5.97 Å². The van der Waals surface area contributed by atoms with Crippen LogP contribution in [0.25, 0.3) is 0 Å². The molecular weight excluding hydrogens is 218 g/mol. The van der Waals surface area contributed by atoms with E-state index in [9.17, 15) is 4.79 Å². The van der Waals surface area contributed by atoms with E-state index in [4.69, 9.17) is 9.47 Å². The number of esters is 1. The van der Waals surface area contributed by atoms with Gasteiger partial charge in [0.1, 0.15) is 0 Å². The molecule has 1 aromatic carbocycles. The molecular formula is C13H19NO3. The van der Waals surface area contributed by atoms with Crippen LogP contribution in [0.1, 0.15) is 18.5 Å². The minimum absolute atomic E-state index is 0.00519. The number of hydrogen-bond donors (Lipinski definition) is 1. The molecule has 1 unspecified atom stereocenters. The highest BCUT2D eigenvalue weighted by Gasteiger charge is 2.12. The summed E-state index contributed by atoms with van der Waals surface area (Å²) in [5.74, 6) is -0.246. The van der Waals surface area contributed by atoms with E-state index >= 15 is 0 Å². The molecule has 1 rings (SSSR count). The lowest BCUT2D eigenvalue weighted by atomic mass is 10.1. The second-order valence-corrected chi connectivity index (χ2v) is 3.60. The van der Waals surface area contributed by atoms with Crippen molar-refractivity contribution in [2.45, 2.75) is 13.0 Å². The Hall–Kier alpha value is -1.39. The Kier molecular flexibility index (Phi) is 6.29. The molecule has 0 spiro atoms. The van der Waals surface area contributed by atoms with Crippen molar-refractivity contribution in [2.24, 2.45) is 0 Å². The fourth-order valence-electron chi connectivity index (χ4n) is 1.54. The maximum Gasteiger partial charge on any atom is 0.319 e. The van der Waals surface area contributed by atoms with Crippen LogP contribution < -0.4 is 5.32 Å². The van der Waals surface area contributed by atoms with Gasteiger partial charge in [-0.15, -0.1) is 0 Å². The maximum absolute atomic E-state index is 11.3. The lowest BCUT2D eigenvalue weighted by molar-refractivity contribution is -0.142. The van der Waals surface area contributed by atoms with E-state index in [0.29, 0.717) is 13.2 Å². The van der Waals surface area contributed by atoms with Gasteiger partial charge in [-0.2, -0.15) is 0 Å². The predicted octanol–water partition coefficient (Wildman–Crippen LogP) is 1.53. The molecule has 0 aliphatic rings. The molecule has 0 aliphatic heterocycles. The number of ether oxygens (including phenoxy) is 2. The quantitative estimate of drug-likeness (QED) is 0.731. The third kappa shape index (κ3) is 4.97. The standard InChI is InChI=1S/C13H19NO3/c1-3-17-13(15)9-14-12(10-16-2)11-7-5-4-6-8-11/h4-8,12,14H,3,9-10H2,1-2H3. The Morgan fingerprint density at radius 1 is 1.35 bits per heavy atom. The van der Waals surface area contributed by atoms with Gasteiger partial charge in [0, 0.05) is 7.11 Å². The van der Waals surface area contributed by atoms with E-state index in [1.54, 1.807) is 14.0 Å². The van der Waals surface area contributed by atoms with Gasteiger partial charge in [0.2, 0.25) is 0 Å². The van der Waals surface area contributed by atoms with Crippen molar-refractivity contribution in [3.8, 4) is 0 Å². The van der Waals surface area contributed by atoms with E-state index in [1.165, 1.54) is 0 Å². The molecule has 0 saturated carbocycles. The summed E-state index contributed by atoms with van der Waals surface area (Å²) in [5.41, 5.74) is 1.10. The molecule has 94 valence electrons. The van der Waals surface area contributed by atoms with Gasteiger partial charge in [0.25, 0.3) is 0 Å². The monoisotopic (exact) mass is 237 g/mol. The van der Waals surface area contributed by atoms with Gasteiger partial charge in [-0.1, -0.05) is 30.3 Å². The summed E-state index contributed by atoms with van der Waals surface area (Å²) in [6.45, 7) is 2.91. The first-order chi connectivity index (χ1) is 8.27. The van der Waals surface area contributed by atoms with Crippen molar-refractivity contribution in [3.05, 3.63) is 35.9 Å². The third-order valence-corrected chi connectivity index (χ3v) is 2.33. The average Bonchev–Trinajstić information content (AvgIpc) is 2.36. The minimum Gasteiger partial charge on any atom is -0.465 e. The number of carbonyl (C=O) groups is 1. The zero-order valence-electron chi connectivity index (χ0n) is 10.3. The lowest BCUT2D eigenvalue weighted by Crippen LogP contribution is -2.31. The first-order valence-electron chi connectivity index (χ1n) is 5.70. The van der Waals surface area contributed by atoms with Crippen molar-refractivity contribution in [3.63, 3.8) is 0 Å². The van der Waals surface area contributed by atoms with E-state index < -0.39 is 0 Å². The van der Waals surface area contributed by atoms with Crippen molar-refractivity contribution in [2.75, 3.05) is 26.9 Å². The van der Waals surface area contributed by atoms with Crippen LogP contribution >= 0.6 is 0 Å². The van der Waals surface area contributed by atoms with Crippen LogP contribution in [0, 0.1) is 0 Å². The topological polar surface area (TPSA) is 47.6 Å². The van der Waals surface area contributed by atoms with Crippen molar-refractivity contribution < 1.29 is 14.3 Å². The van der Waals surface area contributed by atoms with Gasteiger partial charge in [0.05, 0.1) is 25.8 Å². The fourth-order valence-corrected chi connectivity index (χ4v) is 1.54. The summed E-state index contributed by atoms with van der Waals surface area (Å²) in [4.78, 5) is 11.3. The summed E-state index contributed by atoms with van der Waals surface area (Å²) in [6, 6.07) is 9.89. The van der Waals surface area contributed by atoms with E-state index in [0.717, 1.165) is 5.56 Å². The number of methoxy groups -OCH3 is 1. The maximum atomic E-state index is 11.3. The Bertz CT molecular complexity index is 327. The molecule has 4 nitrogen and oxygen atoms in total. The van der Waals surface area contributed by atoms with E-state index in [-0.39, 0.29) is 18.6 Å². The van der Waals surface area contributed by atoms with Crippen LogP contribution in [0.5, 0.6) is 0 Å². The van der Waals surface area contributed by atoms with E-state index in [2.05, 4.69) is 5.32 Å². The molecule has 1 aromatic rings. The number of benzene rings is 1. The molecule has 1 atom stereocenters. The van der Waals surface area contributed by atoms with Crippen LogP contribution in [-0.2, 0) is 14.3 Å². The number of nitrogens with one attached hydrogen (secondary N) is 1. The van der Waals surface area contributed by atoms with Crippen LogP contribution in [0.15, 0.2) is 30.3 Å². The molecule has 0 aromatic heterocycles. The summed E-state index contributed by atoms with van der Waals surface area (Å²) in [6.07, 6.45) is 0. The Balaban J connectivity index is 2.52. The van der Waals surface area contributed by atoms with Crippen molar-refractivity contribution in [1.29, 1.82) is 0 Å². The van der Waals surface area contributed by atoms with Gasteiger partial charge in [-0.25, -0.2) is 0 Å². The smallest absolute Gasteiger partial charge is 0.319 e. The summed E-state index contributed by atoms with van der Waals surface area (Å²) >= 11 is 0. The summed E-state index contributed by atoms with van der Waals surface area (Å²) < 4.78 is 10.0. The molecule has 0 radical (unpaired) electrons. The van der Waals surface area contributed by atoms with Crippen LogP contribution in [0.2, 0.25) is 0 Å². The number of hydrogen-bond acceptors (Lipinski definition) is 4. The van der Waals surface area contributed by atoms with Gasteiger partial charge in [-0.05, 0) is 12.5 Å². The first-order valence-corrected chi connectivity index (χ1v) is 5.70. The lowest BCUT2D eigenvalue weighted by Gasteiger charge is -2.17. The third-order valence-electron chi connectivity index (χ3n) is 2.33. The Morgan fingerprint density at radius 3 is 2.65 bits per heavy atom. The second kappa shape index (κ2) is 7.81. The molecule has 0 fully saturated rings. The minimum atomic E-state index is -0.246. The Labute approximate surface area is 102 Å². The van der Waals surface area contributed by atoms with E-state index in [1.807, 2.05) is 30.3 Å². The van der Waals surface area contributed by atoms with Crippen LogP contribution in [-0.4, -0.2) is 32.8 Å². The molecule has 0 amide bonds. The highest BCUT2D eigenvalue weighted by Crippen LogP contribution is 2.12. The predicted molar refractivity (Wildman–Crippen MR) is 65.7 cm³/mol. The number of rotatable bonds is 7. The van der Waals surface area contributed by atoms with Gasteiger partial charge in [-0.3, -0.25) is 10.1 Å². The zero-order valence-corrected chi connectivity index (χ0v) is 10.3.